The first-order valence-corrected chi connectivity index (χ1v) is 6.56. The normalized spacial score (nSPS) is 12.7. The van der Waals surface area contributed by atoms with Gasteiger partial charge in [-0.2, -0.15) is 0 Å². The summed E-state index contributed by atoms with van der Waals surface area (Å²) < 4.78 is 11.2. The first-order chi connectivity index (χ1) is 9.78. The van der Waals surface area contributed by atoms with Crippen LogP contribution >= 0.6 is 0 Å². The number of imidazole rings is 1. The van der Waals surface area contributed by atoms with Crippen molar-refractivity contribution < 1.29 is 9.15 Å². The van der Waals surface area contributed by atoms with E-state index in [1.807, 2.05) is 30.5 Å². The Morgan fingerprint density at radius 3 is 3.10 bits per heavy atom. The molecule has 0 fully saturated rings. The molecule has 2 aromatic heterocycles. The molecule has 20 heavy (non-hydrogen) atoms. The summed E-state index contributed by atoms with van der Waals surface area (Å²) in [7, 11) is 1.65. The van der Waals surface area contributed by atoms with Crippen molar-refractivity contribution in [1.29, 1.82) is 0 Å². The zero-order chi connectivity index (χ0) is 13.9. The third-order valence-corrected chi connectivity index (χ3v) is 3.30. The number of furan rings is 1. The van der Waals surface area contributed by atoms with E-state index in [9.17, 15) is 0 Å². The number of benzene rings is 1. The fraction of sp³-hybridized carbons (Fsp3) is 0.267. The number of ether oxygens (including phenoxy) is 1. The molecule has 1 aromatic carbocycles. The topological polar surface area (TPSA) is 63.1 Å². The Hall–Kier alpha value is -2.27. The van der Waals surface area contributed by atoms with Crippen LogP contribution in [0.25, 0.3) is 11.0 Å². The minimum Gasteiger partial charge on any atom is -0.493 e. The predicted molar refractivity (Wildman–Crippen MR) is 76.6 cm³/mol. The number of aromatic nitrogens is 2. The molecule has 3 aromatic rings. The molecule has 0 spiro atoms. The SMILES string of the molecule is COc1cccc2cc(C(C)NCc3ncc[nH]3)oc12. The molecule has 1 atom stereocenters. The smallest absolute Gasteiger partial charge is 0.176 e. The van der Waals surface area contributed by atoms with E-state index in [4.69, 9.17) is 9.15 Å². The molecule has 0 aliphatic rings. The van der Waals surface area contributed by atoms with Gasteiger partial charge in [0.1, 0.15) is 11.6 Å². The van der Waals surface area contributed by atoms with Crippen LogP contribution < -0.4 is 10.1 Å². The lowest BCUT2D eigenvalue weighted by atomic mass is 10.2. The highest BCUT2D eigenvalue weighted by atomic mass is 16.5. The zero-order valence-electron chi connectivity index (χ0n) is 11.5. The third-order valence-electron chi connectivity index (χ3n) is 3.30. The van der Waals surface area contributed by atoms with E-state index in [1.165, 1.54) is 0 Å². The summed E-state index contributed by atoms with van der Waals surface area (Å²) in [5.41, 5.74) is 0.789. The van der Waals surface area contributed by atoms with Gasteiger partial charge in [-0.3, -0.25) is 0 Å². The van der Waals surface area contributed by atoms with E-state index < -0.39 is 0 Å². The van der Waals surface area contributed by atoms with E-state index in [0.29, 0.717) is 6.54 Å². The highest BCUT2D eigenvalue weighted by Crippen LogP contribution is 2.30. The molecule has 0 saturated heterocycles. The Labute approximate surface area is 117 Å². The zero-order valence-corrected chi connectivity index (χ0v) is 11.5. The van der Waals surface area contributed by atoms with Crippen LogP contribution in [0.15, 0.2) is 41.1 Å². The van der Waals surface area contributed by atoms with Gasteiger partial charge in [-0.05, 0) is 19.1 Å². The second-order valence-electron chi connectivity index (χ2n) is 4.67. The van der Waals surface area contributed by atoms with Crippen LogP contribution in [0.2, 0.25) is 0 Å². The Balaban J connectivity index is 1.79. The molecule has 0 saturated carbocycles. The van der Waals surface area contributed by atoms with E-state index in [-0.39, 0.29) is 6.04 Å². The fourth-order valence-corrected chi connectivity index (χ4v) is 2.18. The molecule has 2 heterocycles. The largest absolute Gasteiger partial charge is 0.493 e. The summed E-state index contributed by atoms with van der Waals surface area (Å²) >= 11 is 0. The van der Waals surface area contributed by atoms with E-state index in [2.05, 4.69) is 22.2 Å². The number of nitrogens with one attached hydrogen (secondary N) is 2. The minimum atomic E-state index is 0.0946. The average molecular weight is 271 g/mol. The van der Waals surface area contributed by atoms with E-state index in [0.717, 1.165) is 28.3 Å². The maximum atomic E-state index is 5.90. The number of hydrogen-bond donors (Lipinski definition) is 2. The molecular weight excluding hydrogens is 254 g/mol. The standard InChI is InChI=1S/C15H17N3O2/c1-10(18-9-14-16-6-7-17-14)13-8-11-4-3-5-12(19-2)15(11)20-13/h3-8,10,18H,9H2,1-2H3,(H,16,17). The van der Waals surface area contributed by atoms with Gasteiger partial charge in [0, 0.05) is 17.8 Å². The Bertz CT molecular complexity index is 688. The number of H-pyrrole nitrogens is 1. The van der Waals surface area contributed by atoms with Crippen molar-refractivity contribution in [3.8, 4) is 5.75 Å². The maximum absolute atomic E-state index is 5.90. The van der Waals surface area contributed by atoms with Crippen LogP contribution in [0.1, 0.15) is 24.6 Å². The van der Waals surface area contributed by atoms with Gasteiger partial charge < -0.3 is 19.5 Å². The molecule has 0 aliphatic heterocycles. The summed E-state index contributed by atoms with van der Waals surface area (Å²) in [4.78, 5) is 7.25. The quantitative estimate of drug-likeness (QED) is 0.748. The van der Waals surface area contributed by atoms with Crippen molar-refractivity contribution in [2.45, 2.75) is 19.5 Å². The van der Waals surface area contributed by atoms with E-state index >= 15 is 0 Å². The number of methoxy groups -OCH3 is 1. The van der Waals surface area contributed by atoms with Crippen LogP contribution in [-0.4, -0.2) is 17.1 Å². The van der Waals surface area contributed by atoms with E-state index in [1.54, 1.807) is 13.3 Å². The number of hydrogen-bond acceptors (Lipinski definition) is 4. The first-order valence-electron chi connectivity index (χ1n) is 6.56. The number of rotatable bonds is 5. The van der Waals surface area contributed by atoms with Gasteiger partial charge in [0.15, 0.2) is 11.3 Å². The van der Waals surface area contributed by atoms with Gasteiger partial charge in [0.2, 0.25) is 0 Å². The van der Waals surface area contributed by atoms with Gasteiger partial charge >= 0.3 is 0 Å². The monoisotopic (exact) mass is 271 g/mol. The summed E-state index contributed by atoms with van der Waals surface area (Å²) in [6.07, 6.45) is 3.56. The molecular formula is C15H17N3O2. The van der Waals surface area contributed by atoms with Crippen LogP contribution in [0, 0.1) is 0 Å². The van der Waals surface area contributed by atoms with Crippen molar-refractivity contribution in [2.75, 3.05) is 7.11 Å². The molecule has 104 valence electrons. The summed E-state index contributed by atoms with van der Waals surface area (Å²) in [5, 5.41) is 4.42. The van der Waals surface area contributed by atoms with Gasteiger partial charge in [-0.1, -0.05) is 12.1 Å². The second-order valence-corrected chi connectivity index (χ2v) is 4.67. The summed E-state index contributed by atoms with van der Waals surface area (Å²) in [6.45, 7) is 2.73. The number of nitrogens with zero attached hydrogens (tertiary/aromatic N) is 1. The molecule has 5 heteroatoms. The lowest BCUT2D eigenvalue weighted by Gasteiger charge is -2.09. The molecule has 2 N–H and O–H groups in total. The number of para-hydroxylation sites is 1. The van der Waals surface area contributed by atoms with Gasteiger partial charge in [0.25, 0.3) is 0 Å². The van der Waals surface area contributed by atoms with Crippen molar-refractivity contribution in [1.82, 2.24) is 15.3 Å². The fourth-order valence-electron chi connectivity index (χ4n) is 2.18. The number of aromatic amines is 1. The average Bonchev–Trinajstić information content (AvgIpc) is 3.12. The van der Waals surface area contributed by atoms with Crippen LogP contribution in [-0.2, 0) is 6.54 Å². The molecule has 3 rings (SSSR count). The minimum absolute atomic E-state index is 0.0946. The molecule has 5 nitrogen and oxygen atoms in total. The van der Waals surface area contributed by atoms with Crippen LogP contribution in [0.5, 0.6) is 5.75 Å². The Morgan fingerprint density at radius 1 is 1.45 bits per heavy atom. The predicted octanol–water partition coefficient (Wildman–Crippen LogP) is 3.02. The first kappa shape index (κ1) is 12.7. The lowest BCUT2D eigenvalue weighted by Crippen LogP contribution is -2.18. The molecule has 0 bridgehead atoms. The van der Waals surface area contributed by atoms with Gasteiger partial charge in [0.05, 0.1) is 19.7 Å². The van der Waals surface area contributed by atoms with Crippen LogP contribution in [0.4, 0.5) is 0 Å². The van der Waals surface area contributed by atoms with Gasteiger partial charge in [-0.15, -0.1) is 0 Å². The summed E-state index contributed by atoms with van der Waals surface area (Å²) in [5.74, 6) is 2.55. The van der Waals surface area contributed by atoms with Gasteiger partial charge in [-0.25, -0.2) is 4.98 Å². The Morgan fingerprint density at radius 2 is 2.35 bits per heavy atom. The highest BCUT2D eigenvalue weighted by molar-refractivity contribution is 5.83. The summed E-state index contributed by atoms with van der Waals surface area (Å²) in [6, 6.07) is 8.01. The number of fused-ring (bicyclic) bond motifs is 1. The van der Waals surface area contributed by atoms with Crippen molar-refractivity contribution in [3.63, 3.8) is 0 Å². The second kappa shape index (κ2) is 5.38. The van der Waals surface area contributed by atoms with Crippen LogP contribution in [0.3, 0.4) is 0 Å². The molecule has 0 amide bonds. The highest BCUT2D eigenvalue weighted by Gasteiger charge is 2.13. The van der Waals surface area contributed by atoms with Crippen molar-refractivity contribution in [3.05, 3.63) is 48.2 Å². The molecule has 0 aliphatic carbocycles. The molecule has 1 unspecified atom stereocenters. The lowest BCUT2D eigenvalue weighted by molar-refractivity contribution is 0.399. The Kier molecular flexibility index (Phi) is 3.43. The van der Waals surface area contributed by atoms with Crippen molar-refractivity contribution >= 4 is 11.0 Å². The molecule has 0 radical (unpaired) electrons. The maximum Gasteiger partial charge on any atom is 0.176 e. The third kappa shape index (κ3) is 2.40. The van der Waals surface area contributed by atoms with Crippen molar-refractivity contribution in [2.24, 2.45) is 0 Å².